The quantitative estimate of drug-likeness (QED) is 0.919. The van der Waals surface area contributed by atoms with Crippen molar-refractivity contribution in [2.75, 3.05) is 6.54 Å². The fourth-order valence-corrected chi connectivity index (χ4v) is 4.13. The van der Waals surface area contributed by atoms with Crippen LogP contribution in [0.5, 0.6) is 0 Å². The molecule has 0 bridgehead atoms. The monoisotopic (exact) mass is 333 g/mol. The molecule has 1 N–H and O–H groups in total. The standard InChI is InChI=1S/C18H20FNO2S/c1-12-7-8-17(23-12)15-6-3-9-20(15)18(22)11-16(21)13-4-2-5-14(19)10-13/h2,4-5,7-8,10,15-16,21H,3,6,9,11H2,1H3. The minimum Gasteiger partial charge on any atom is -0.388 e. The van der Waals surface area contributed by atoms with Crippen LogP contribution in [0, 0.1) is 12.7 Å². The topological polar surface area (TPSA) is 40.5 Å². The molecule has 2 aromatic rings. The molecule has 5 heteroatoms. The van der Waals surface area contributed by atoms with Gasteiger partial charge < -0.3 is 10.0 Å². The number of benzene rings is 1. The normalized spacial score (nSPS) is 19.1. The average Bonchev–Trinajstić information content (AvgIpc) is 3.15. The first-order valence-electron chi connectivity index (χ1n) is 7.84. The third-order valence-corrected chi connectivity index (χ3v) is 5.37. The van der Waals surface area contributed by atoms with E-state index in [0.29, 0.717) is 5.56 Å². The highest BCUT2D eigenvalue weighted by atomic mass is 32.1. The Hall–Kier alpha value is -1.72. The molecule has 2 unspecified atom stereocenters. The summed E-state index contributed by atoms with van der Waals surface area (Å²) in [5.41, 5.74) is 0.445. The lowest BCUT2D eigenvalue weighted by Gasteiger charge is -2.25. The van der Waals surface area contributed by atoms with E-state index in [4.69, 9.17) is 0 Å². The first-order chi connectivity index (χ1) is 11.0. The van der Waals surface area contributed by atoms with E-state index < -0.39 is 11.9 Å². The number of carbonyl (C=O) groups excluding carboxylic acids is 1. The van der Waals surface area contributed by atoms with Gasteiger partial charge in [0.25, 0.3) is 0 Å². The summed E-state index contributed by atoms with van der Waals surface area (Å²) in [6.07, 6.45) is 0.958. The van der Waals surface area contributed by atoms with Crippen LogP contribution in [0.3, 0.4) is 0 Å². The molecule has 0 radical (unpaired) electrons. The molecule has 122 valence electrons. The Morgan fingerprint density at radius 2 is 2.26 bits per heavy atom. The Bertz CT molecular complexity index is 700. The summed E-state index contributed by atoms with van der Waals surface area (Å²) in [7, 11) is 0. The fourth-order valence-electron chi connectivity index (χ4n) is 3.11. The van der Waals surface area contributed by atoms with E-state index in [9.17, 15) is 14.3 Å². The summed E-state index contributed by atoms with van der Waals surface area (Å²) in [6, 6.07) is 10.1. The van der Waals surface area contributed by atoms with Gasteiger partial charge in [-0.25, -0.2) is 4.39 Å². The maximum Gasteiger partial charge on any atom is 0.226 e. The van der Waals surface area contributed by atoms with Crippen molar-refractivity contribution in [1.82, 2.24) is 4.90 Å². The highest BCUT2D eigenvalue weighted by molar-refractivity contribution is 7.12. The number of likely N-dealkylation sites (tertiary alicyclic amines) is 1. The van der Waals surface area contributed by atoms with Crippen LogP contribution < -0.4 is 0 Å². The van der Waals surface area contributed by atoms with Gasteiger partial charge in [-0.2, -0.15) is 0 Å². The molecule has 2 atom stereocenters. The van der Waals surface area contributed by atoms with Crippen LogP contribution in [0.25, 0.3) is 0 Å². The van der Waals surface area contributed by atoms with Crippen LogP contribution in [0.1, 0.15) is 46.7 Å². The summed E-state index contributed by atoms with van der Waals surface area (Å²) in [5.74, 6) is -0.475. The lowest BCUT2D eigenvalue weighted by atomic mass is 10.1. The predicted molar refractivity (Wildman–Crippen MR) is 88.7 cm³/mol. The summed E-state index contributed by atoms with van der Waals surface area (Å²) in [4.78, 5) is 16.9. The van der Waals surface area contributed by atoms with Crippen LogP contribution >= 0.6 is 11.3 Å². The number of halogens is 1. The number of hydrogen-bond acceptors (Lipinski definition) is 3. The molecular weight excluding hydrogens is 313 g/mol. The number of aryl methyl sites for hydroxylation is 1. The van der Waals surface area contributed by atoms with Gasteiger partial charge in [-0.15, -0.1) is 11.3 Å². The molecular formula is C18H20FNO2S. The highest BCUT2D eigenvalue weighted by Gasteiger charge is 2.31. The van der Waals surface area contributed by atoms with Gasteiger partial charge in [0.05, 0.1) is 18.6 Å². The molecule has 1 aliphatic rings. The van der Waals surface area contributed by atoms with Gasteiger partial charge in [-0.3, -0.25) is 4.79 Å². The van der Waals surface area contributed by atoms with Gasteiger partial charge in [-0.1, -0.05) is 12.1 Å². The zero-order chi connectivity index (χ0) is 16.4. The molecule has 1 aromatic heterocycles. The van der Waals surface area contributed by atoms with Crippen molar-refractivity contribution in [2.24, 2.45) is 0 Å². The van der Waals surface area contributed by atoms with Gasteiger partial charge in [-0.05, 0) is 49.6 Å². The van der Waals surface area contributed by atoms with Crippen molar-refractivity contribution in [3.63, 3.8) is 0 Å². The number of amides is 1. The van der Waals surface area contributed by atoms with Crippen molar-refractivity contribution in [1.29, 1.82) is 0 Å². The molecule has 1 saturated heterocycles. The van der Waals surface area contributed by atoms with E-state index >= 15 is 0 Å². The third-order valence-electron chi connectivity index (χ3n) is 4.26. The number of aliphatic hydroxyl groups is 1. The SMILES string of the molecule is Cc1ccc(C2CCCN2C(=O)CC(O)c2cccc(F)c2)s1. The van der Waals surface area contributed by atoms with Crippen molar-refractivity contribution in [3.8, 4) is 0 Å². The zero-order valence-electron chi connectivity index (χ0n) is 13.0. The number of nitrogens with zero attached hydrogens (tertiary/aromatic N) is 1. The van der Waals surface area contributed by atoms with Gasteiger partial charge in [0, 0.05) is 16.3 Å². The first kappa shape index (κ1) is 16.1. The molecule has 1 aromatic carbocycles. The van der Waals surface area contributed by atoms with E-state index in [-0.39, 0.29) is 18.4 Å². The number of carbonyl (C=O) groups is 1. The summed E-state index contributed by atoms with van der Waals surface area (Å²) < 4.78 is 13.2. The number of rotatable bonds is 4. The molecule has 0 spiro atoms. The Morgan fingerprint density at radius 3 is 2.96 bits per heavy atom. The maximum atomic E-state index is 13.2. The van der Waals surface area contributed by atoms with Gasteiger partial charge in [0.15, 0.2) is 0 Å². The molecule has 1 aliphatic heterocycles. The second-order valence-corrected chi connectivity index (χ2v) is 7.29. The summed E-state index contributed by atoms with van der Waals surface area (Å²) in [6.45, 7) is 2.78. The van der Waals surface area contributed by atoms with Crippen LogP contribution in [-0.2, 0) is 4.79 Å². The second-order valence-electron chi connectivity index (χ2n) is 5.97. The minimum absolute atomic E-state index is 0.00961. The van der Waals surface area contributed by atoms with Crippen molar-refractivity contribution < 1.29 is 14.3 Å². The summed E-state index contributed by atoms with van der Waals surface area (Å²) in [5, 5.41) is 10.2. The smallest absolute Gasteiger partial charge is 0.226 e. The van der Waals surface area contributed by atoms with Crippen molar-refractivity contribution >= 4 is 17.2 Å². The van der Waals surface area contributed by atoms with Crippen molar-refractivity contribution in [2.45, 2.75) is 38.3 Å². The summed E-state index contributed by atoms with van der Waals surface area (Å²) >= 11 is 1.72. The molecule has 0 saturated carbocycles. The predicted octanol–water partition coefficient (Wildman–Crippen LogP) is 3.98. The highest BCUT2D eigenvalue weighted by Crippen LogP contribution is 2.36. The molecule has 1 amide bonds. The number of thiophene rings is 1. The van der Waals surface area contributed by atoms with Crippen LogP contribution in [0.2, 0.25) is 0 Å². The first-order valence-corrected chi connectivity index (χ1v) is 8.65. The largest absolute Gasteiger partial charge is 0.388 e. The Morgan fingerprint density at radius 1 is 1.43 bits per heavy atom. The van der Waals surface area contributed by atoms with E-state index in [2.05, 4.69) is 19.1 Å². The molecule has 0 aliphatic carbocycles. The minimum atomic E-state index is -0.968. The van der Waals surface area contributed by atoms with Gasteiger partial charge in [0.1, 0.15) is 5.82 Å². The second kappa shape index (κ2) is 6.81. The number of hydrogen-bond donors (Lipinski definition) is 1. The van der Waals surface area contributed by atoms with Gasteiger partial charge in [0.2, 0.25) is 5.91 Å². The zero-order valence-corrected chi connectivity index (χ0v) is 13.9. The van der Waals surface area contributed by atoms with Crippen LogP contribution in [-0.4, -0.2) is 22.5 Å². The van der Waals surface area contributed by atoms with Crippen LogP contribution in [0.15, 0.2) is 36.4 Å². The Balaban J connectivity index is 1.69. The average molecular weight is 333 g/mol. The third kappa shape index (κ3) is 3.62. The Kier molecular flexibility index (Phi) is 4.78. The van der Waals surface area contributed by atoms with E-state index in [1.807, 2.05) is 4.90 Å². The molecule has 3 nitrogen and oxygen atoms in total. The molecule has 2 heterocycles. The maximum absolute atomic E-state index is 13.2. The van der Waals surface area contributed by atoms with Gasteiger partial charge >= 0.3 is 0 Å². The number of aliphatic hydroxyl groups excluding tert-OH is 1. The van der Waals surface area contributed by atoms with E-state index in [1.54, 1.807) is 23.5 Å². The molecule has 1 fully saturated rings. The molecule has 23 heavy (non-hydrogen) atoms. The van der Waals surface area contributed by atoms with E-state index in [0.717, 1.165) is 19.4 Å². The lowest BCUT2D eigenvalue weighted by molar-refractivity contribution is -0.134. The Labute approximate surface area is 139 Å². The van der Waals surface area contributed by atoms with Crippen LogP contribution in [0.4, 0.5) is 4.39 Å². The lowest BCUT2D eigenvalue weighted by Crippen LogP contribution is -2.31. The molecule has 3 rings (SSSR count). The van der Waals surface area contributed by atoms with Crippen molar-refractivity contribution in [3.05, 3.63) is 57.5 Å². The van der Waals surface area contributed by atoms with E-state index in [1.165, 1.54) is 21.9 Å². The fraction of sp³-hybridized carbons (Fsp3) is 0.389.